The normalized spacial score (nSPS) is 13.0. The van der Waals surface area contributed by atoms with Gasteiger partial charge < -0.3 is 5.73 Å². The number of rotatable bonds is 2. The second kappa shape index (κ2) is 4.52. The molecule has 3 heteroatoms. The molecule has 1 heterocycles. The number of hydrogen-bond acceptors (Lipinski definition) is 2. The van der Waals surface area contributed by atoms with Crippen LogP contribution >= 0.6 is 15.9 Å². The fourth-order valence-electron chi connectivity index (χ4n) is 1.89. The summed E-state index contributed by atoms with van der Waals surface area (Å²) in [6, 6.07) is 8.30. The van der Waals surface area contributed by atoms with Gasteiger partial charge in [-0.3, -0.25) is 4.98 Å². The maximum absolute atomic E-state index is 5.70. The van der Waals surface area contributed by atoms with E-state index in [2.05, 4.69) is 41.9 Å². The number of para-hydroxylation sites is 1. The zero-order chi connectivity index (χ0) is 11.7. The summed E-state index contributed by atoms with van der Waals surface area (Å²) >= 11 is 3.53. The monoisotopic (exact) mass is 278 g/mol. The predicted octanol–water partition coefficient (Wildman–Crippen LogP) is 3.37. The minimum Gasteiger partial charge on any atom is -0.330 e. The Hall–Kier alpha value is -0.930. The fourth-order valence-corrected chi connectivity index (χ4v) is 2.36. The molecule has 1 unspecified atom stereocenters. The molecule has 16 heavy (non-hydrogen) atoms. The Labute approximate surface area is 104 Å². The van der Waals surface area contributed by atoms with E-state index in [0.717, 1.165) is 15.7 Å². The van der Waals surface area contributed by atoms with Crippen molar-refractivity contribution in [3.8, 4) is 0 Å². The number of hydrogen-bond donors (Lipinski definition) is 1. The lowest BCUT2D eigenvalue weighted by atomic mass is 10.0. The molecule has 0 amide bonds. The zero-order valence-electron chi connectivity index (χ0n) is 9.50. The molecule has 0 aliphatic heterocycles. The van der Waals surface area contributed by atoms with Gasteiger partial charge in [0.1, 0.15) is 0 Å². The lowest BCUT2D eigenvalue weighted by molar-refractivity contribution is 0.742. The molecule has 0 saturated heterocycles. The maximum Gasteiger partial charge on any atom is 0.0847 e. The quantitative estimate of drug-likeness (QED) is 0.915. The second-order valence-electron chi connectivity index (χ2n) is 4.14. The van der Waals surface area contributed by atoms with Crippen LogP contribution in [0.15, 0.2) is 28.7 Å². The maximum atomic E-state index is 5.70. The highest BCUT2D eigenvalue weighted by molar-refractivity contribution is 9.10. The summed E-state index contributed by atoms with van der Waals surface area (Å²) in [4.78, 5) is 4.72. The second-order valence-corrected chi connectivity index (χ2v) is 4.99. The van der Waals surface area contributed by atoms with E-state index >= 15 is 0 Å². The van der Waals surface area contributed by atoms with E-state index in [1.54, 1.807) is 0 Å². The average molecular weight is 279 g/mol. The van der Waals surface area contributed by atoms with E-state index in [-0.39, 0.29) is 0 Å². The Morgan fingerprint density at radius 2 is 2.19 bits per heavy atom. The Balaban J connectivity index is 2.69. The third kappa shape index (κ3) is 1.97. The molecule has 0 saturated carbocycles. The van der Waals surface area contributed by atoms with Crippen LogP contribution in [0.4, 0.5) is 0 Å². The Morgan fingerprint density at radius 1 is 1.44 bits per heavy atom. The zero-order valence-corrected chi connectivity index (χ0v) is 11.1. The molecule has 2 nitrogen and oxygen atoms in total. The van der Waals surface area contributed by atoms with Gasteiger partial charge in [0.05, 0.1) is 5.52 Å². The van der Waals surface area contributed by atoms with E-state index in [1.165, 1.54) is 10.9 Å². The molecule has 0 aliphatic carbocycles. The molecule has 0 radical (unpaired) electrons. The van der Waals surface area contributed by atoms with Gasteiger partial charge in [-0.1, -0.05) is 19.1 Å². The molecule has 2 aromatic rings. The largest absolute Gasteiger partial charge is 0.330 e. The van der Waals surface area contributed by atoms with Crippen molar-refractivity contribution in [3.63, 3.8) is 0 Å². The smallest absolute Gasteiger partial charge is 0.0847 e. The molecule has 2 N–H and O–H groups in total. The first kappa shape index (κ1) is 11.6. The van der Waals surface area contributed by atoms with E-state index in [9.17, 15) is 0 Å². The molecular formula is C13H15BrN2. The van der Waals surface area contributed by atoms with Crippen molar-refractivity contribution in [1.82, 2.24) is 4.98 Å². The van der Waals surface area contributed by atoms with Crippen molar-refractivity contribution in [2.24, 2.45) is 5.73 Å². The van der Waals surface area contributed by atoms with Crippen LogP contribution in [0.25, 0.3) is 10.9 Å². The summed E-state index contributed by atoms with van der Waals surface area (Å²) in [6.45, 7) is 4.83. The van der Waals surface area contributed by atoms with E-state index in [4.69, 9.17) is 10.7 Å². The van der Waals surface area contributed by atoms with Gasteiger partial charge in [0.15, 0.2) is 0 Å². The third-order valence-electron chi connectivity index (χ3n) is 2.85. The van der Waals surface area contributed by atoms with Gasteiger partial charge in [-0.15, -0.1) is 0 Å². The van der Waals surface area contributed by atoms with E-state index in [1.807, 2.05) is 12.1 Å². The lowest BCUT2D eigenvalue weighted by Crippen LogP contribution is -2.12. The summed E-state index contributed by atoms with van der Waals surface area (Å²) in [6.07, 6.45) is 0. The number of pyridine rings is 1. The van der Waals surface area contributed by atoms with Crippen molar-refractivity contribution in [3.05, 3.63) is 40.0 Å². The summed E-state index contributed by atoms with van der Waals surface area (Å²) in [5, 5.41) is 1.17. The molecule has 0 fully saturated rings. The van der Waals surface area contributed by atoms with Crippen LogP contribution in [0.2, 0.25) is 0 Å². The summed E-state index contributed by atoms with van der Waals surface area (Å²) in [7, 11) is 0. The van der Waals surface area contributed by atoms with Gasteiger partial charge in [-0.25, -0.2) is 0 Å². The van der Waals surface area contributed by atoms with Crippen molar-refractivity contribution < 1.29 is 0 Å². The highest BCUT2D eigenvalue weighted by Crippen LogP contribution is 2.26. The number of nitrogens with zero attached hydrogens (tertiary/aromatic N) is 1. The summed E-state index contributed by atoms with van der Waals surface area (Å²) in [5.74, 6) is 0.302. The minimum atomic E-state index is 0.302. The SMILES string of the molecule is Cc1cc2cccc(Br)c2nc1C(C)CN. The van der Waals surface area contributed by atoms with Gasteiger partial charge in [-0.2, -0.15) is 0 Å². The van der Waals surface area contributed by atoms with E-state index < -0.39 is 0 Å². The number of benzene rings is 1. The van der Waals surface area contributed by atoms with Crippen molar-refractivity contribution >= 4 is 26.8 Å². The first-order valence-electron chi connectivity index (χ1n) is 5.39. The van der Waals surface area contributed by atoms with Crippen molar-refractivity contribution in [2.45, 2.75) is 19.8 Å². The molecule has 0 bridgehead atoms. The van der Waals surface area contributed by atoms with Gasteiger partial charge in [0.25, 0.3) is 0 Å². The van der Waals surface area contributed by atoms with Crippen LogP contribution in [0.1, 0.15) is 24.1 Å². The highest BCUT2D eigenvalue weighted by Gasteiger charge is 2.10. The molecule has 1 aromatic heterocycles. The van der Waals surface area contributed by atoms with Gasteiger partial charge >= 0.3 is 0 Å². The van der Waals surface area contributed by atoms with Crippen LogP contribution in [-0.4, -0.2) is 11.5 Å². The molecule has 84 valence electrons. The Kier molecular flexibility index (Phi) is 3.26. The predicted molar refractivity (Wildman–Crippen MR) is 71.6 cm³/mol. The number of halogens is 1. The van der Waals surface area contributed by atoms with Crippen molar-refractivity contribution in [1.29, 1.82) is 0 Å². The van der Waals surface area contributed by atoms with Crippen LogP contribution in [0.3, 0.4) is 0 Å². The molecule has 0 spiro atoms. The molecular weight excluding hydrogens is 264 g/mol. The van der Waals surface area contributed by atoms with E-state index in [0.29, 0.717) is 12.5 Å². The number of nitrogens with two attached hydrogens (primary N) is 1. The molecule has 0 aliphatic rings. The number of aromatic nitrogens is 1. The van der Waals surface area contributed by atoms with Crippen molar-refractivity contribution in [2.75, 3.05) is 6.54 Å². The van der Waals surface area contributed by atoms with Crippen LogP contribution in [-0.2, 0) is 0 Å². The van der Waals surface area contributed by atoms with Gasteiger partial charge in [0.2, 0.25) is 0 Å². The summed E-state index contributed by atoms with van der Waals surface area (Å²) < 4.78 is 1.04. The van der Waals surface area contributed by atoms with Crippen LogP contribution in [0, 0.1) is 6.92 Å². The van der Waals surface area contributed by atoms with Crippen LogP contribution in [0.5, 0.6) is 0 Å². The topological polar surface area (TPSA) is 38.9 Å². The fraction of sp³-hybridized carbons (Fsp3) is 0.308. The Morgan fingerprint density at radius 3 is 2.88 bits per heavy atom. The first-order chi connectivity index (χ1) is 7.63. The molecule has 1 aromatic carbocycles. The average Bonchev–Trinajstić information content (AvgIpc) is 2.28. The molecule has 2 rings (SSSR count). The molecule has 1 atom stereocenters. The minimum absolute atomic E-state index is 0.302. The Bertz CT molecular complexity index is 523. The lowest BCUT2D eigenvalue weighted by Gasteiger charge is -2.13. The number of aryl methyl sites for hydroxylation is 1. The number of fused-ring (bicyclic) bond motifs is 1. The first-order valence-corrected chi connectivity index (χ1v) is 6.18. The van der Waals surface area contributed by atoms with Crippen LogP contribution < -0.4 is 5.73 Å². The summed E-state index contributed by atoms with van der Waals surface area (Å²) in [5.41, 5.74) is 9.03. The van der Waals surface area contributed by atoms with Gasteiger partial charge in [0, 0.05) is 28.0 Å². The third-order valence-corrected chi connectivity index (χ3v) is 3.49. The standard InChI is InChI=1S/C13H15BrN2/c1-8-6-10-4-3-5-11(14)13(10)16-12(8)9(2)7-15/h3-6,9H,7,15H2,1-2H3. The van der Waals surface area contributed by atoms with Gasteiger partial charge in [-0.05, 0) is 40.5 Å². The highest BCUT2D eigenvalue weighted by atomic mass is 79.9.